The first kappa shape index (κ1) is 16.5. The highest BCUT2D eigenvalue weighted by atomic mass is 32.2. The Labute approximate surface area is 142 Å². The van der Waals surface area contributed by atoms with Crippen LogP contribution in [0, 0.1) is 0 Å². The van der Waals surface area contributed by atoms with Crippen molar-refractivity contribution in [2.75, 3.05) is 19.4 Å². The molecular formula is C19H23NO2S. The molecule has 1 fully saturated rings. The Bertz CT molecular complexity index is 620. The van der Waals surface area contributed by atoms with Gasteiger partial charge in [0.2, 0.25) is 0 Å². The highest BCUT2D eigenvalue weighted by Crippen LogP contribution is 2.29. The third-order valence-corrected chi connectivity index (χ3v) is 4.81. The molecule has 0 amide bonds. The lowest BCUT2D eigenvalue weighted by molar-refractivity contribution is -0.200. The fraction of sp³-hybridized carbons (Fsp3) is 0.368. The monoisotopic (exact) mass is 329 g/mol. The zero-order valence-electron chi connectivity index (χ0n) is 13.6. The first-order valence-corrected chi connectivity index (χ1v) is 9.20. The molecule has 0 spiro atoms. The van der Waals surface area contributed by atoms with Crippen LogP contribution in [0.25, 0.3) is 0 Å². The van der Waals surface area contributed by atoms with Gasteiger partial charge in [-0.3, -0.25) is 0 Å². The molecule has 1 aliphatic heterocycles. The lowest BCUT2D eigenvalue weighted by Gasteiger charge is -2.34. The zero-order valence-corrected chi connectivity index (χ0v) is 14.4. The minimum atomic E-state index is -0.279. The average molecular weight is 329 g/mol. The van der Waals surface area contributed by atoms with Crippen molar-refractivity contribution in [1.29, 1.82) is 0 Å². The van der Waals surface area contributed by atoms with Crippen LogP contribution in [-0.4, -0.2) is 25.7 Å². The van der Waals surface area contributed by atoms with Crippen molar-refractivity contribution in [1.82, 2.24) is 5.32 Å². The standard InChI is InChI=1S/C19H23NO2S/c1-14(16-9-6-10-17(13-16)23-2)22-19-18(20-11-12-21-19)15-7-4-3-5-8-15/h3-10,13-14,18-20H,11-12H2,1-2H3/t14-,18+,19-/m1/s1. The van der Waals surface area contributed by atoms with Crippen LogP contribution >= 0.6 is 11.8 Å². The molecule has 0 aromatic heterocycles. The topological polar surface area (TPSA) is 30.5 Å². The summed E-state index contributed by atoms with van der Waals surface area (Å²) in [7, 11) is 0. The summed E-state index contributed by atoms with van der Waals surface area (Å²) in [5.41, 5.74) is 2.38. The van der Waals surface area contributed by atoms with E-state index in [-0.39, 0.29) is 18.4 Å². The second-order valence-electron chi connectivity index (χ2n) is 5.64. The SMILES string of the molecule is CSc1cccc([C@@H](C)O[C@H]2OCCN[C@H]2c2ccccc2)c1. The van der Waals surface area contributed by atoms with Crippen molar-refractivity contribution >= 4 is 11.8 Å². The number of rotatable bonds is 5. The molecule has 1 saturated heterocycles. The predicted octanol–water partition coefficient (Wildman–Crippen LogP) is 4.17. The molecule has 1 aliphatic rings. The minimum Gasteiger partial charge on any atom is -0.349 e. The summed E-state index contributed by atoms with van der Waals surface area (Å²) in [6.45, 7) is 3.60. The van der Waals surface area contributed by atoms with Crippen LogP contribution in [0.1, 0.15) is 30.2 Å². The number of hydrogen-bond donors (Lipinski definition) is 1. The van der Waals surface area contributed by atoms with Crippen LogP contribution in [0.3, 0.4) is 0 Å². The molecule has 0 unspecified atom stereocenters. The summed E-state index contributed by atoms with van der Waals surface area (Å²) >= 11 is 1.74. The fourth-order valence-corrected chi connectivity index (χ4v) is 3.28. The van der Waals surface area contributed by atoms with Gasteiger partial charge in [0, 0.05) is 11.4 Å². The van der Waals surface area contributed by atoms with Gasteiger partial charge in [-0.05, 0) is 36.4 Å². The van der Waals surface area contributed by atoms with E-state index < -0.39 is 0 Å². The van der Waals surface area contributed by atoms with E-state index in [1.54, 1.807) is 11.8 Å². The number of hydrogen-bond acceptors (Lipinski definition) is 4. The van der Waals surface area contributed by atoms with Gasteiger partial charge in [0.15, 0.2) is 6.29 Å². The smallest absolute Gasteiger partial charge is 0.177 e. The Morgan fingerprint density at radius 1 is 1.17 bits per heavy atom. The molecule has 3 rings (SSSR count). The highest BCUT2D eigenvalue weighted by Gasteiger charge is 2.29. The molecule has 0 saturated carbocycles. The molecule has 1 heterocycles. The summed E-state index contributed by atoms with van der Waals surface area (Å²) in [5.74, 6) is 0. The van der Waals surface area contributed by atoms with E-state index in [1.807, 2.05) is 18.2 Å². The lowest BCUT2D eigenvalue weighted by atomic mass is 10.1. The van der Waals surface area contributed by atoms with E-state index in [2.05, 4.69) is 54.9 Å². The van der Waals surface area contributed by atoms with Crippen molar-refractivity contribution in [3.8, 4) is 0 Å². The Morgan fingerprint density at radius 2 is 2.00 bits per heavy atom. The van der Waals surface area contributed by atoms with Crippen LogP contribution in [-0.2, 0) is 9.47 Å². The molecule has 3 atom stereocenters. The second-order valence-corrected chi connectivity index (χ2v) is 6.52. The number of morpholine rings is 1. The number of benzene rings is 2. The average Bonchev–Trinajstić information content (AvgIpc) is 2.63. The molecule has 23 heavy (non-hydrogen) atoms. The van der Waals surface area contributed by atoms with Crippen LogP contribution in [0.15, 0.2) is 59.5 Å². The van der Waals surface area contributed by atoms with Gasteiger partial charge in [-0.1, -0.05) is 42.5 Å². The number of ether oxygens (including phenoxy) is 2. The van der Waals surface area contributed by atoms with E-state index >= 15 is 0 Å². The van der Waals surface area contributed by atoms with Crippen molar-refractivity contribution in [3.05, 3.63) is 65.7 Å². The Balaban J connectivity index is 1.73. The van der Waals surface area contributed by atoms with Gasteiger partial charge in [0.25, 0.3) is 0 Å². The predicted molar refractivity (Wildman–Crippen MR) is 94.6 cm³/mol. The quantitative estimate of drug-likeness (QED) is 0.834. The number of nitrogens with one attached hydrogen (secondary N) is 1. The van der Waals surface area contributed by atoms with Crippen LogP contribution < -0.4 is 5.32 Å². The molecule has 2 aromatic carbocycles. The zero-order chi connectivity index (χ0) is 16.1. The van der Waals surface area contributed by atoms with E-state index in [4.69, 9.17) is 9.47 Å². The summed E-state index contributed by atoms with van der Waals surface area (Å²) in [4.78, 5) is 1.25. The molecule has 2 aromatic rings. The van der Waals surface area contributed by atoms with Gasteiger partial charge in [0.05, 0.1) is 18.8 Å². The summed E-state index contributed by atoms with van der Waals surface area (Å²) in [5, 5.41) is 3.51. The molecule has 122 valence electrons. The normalized spacial score (nSPS) is 22.7. The van der Waals surface area contributed by atoms with E-state index in [1.165, 1.54) is 16.0 Å². The van der Waals surface area contributed by atoms with Crippen molar-refractivity contribution in [2.45, 2.75) is 30.3 Å². The minimum absolute atomic E-state index is 0.0155. The van der Waals surface area contributed by atoms with Crippen LogP contribution in [0.2, 0.25) is 0 Å². The van der Waals surface area contributed by atoms with E-state index in [0.717, 1.165) is 6.54 Å². The van der Waals surface area contributed by atoms with Crippen LogP contribution in [0.5, 0.6) is 0 Å². The largest absolute Gasteiger partial charge is 0.349 e. The van der Waals surface area contributed by atoms with Crippen molar-refractivity contribution in [3.63, 3.8) is 0 Å². The molecule has 0 bridgehead atoms. The van der Waals surface area contributed by atoms with E-state index in [0.29, 0.717) is 6.61 Å². The Kier molecular flexibility index (Phi) is 5.73. The Hall–Kier alpha value is -1.33. The third kappa shape index (κ3) is 4.15. The maximum atomic E-state index is 6.25. The van der Waals surface area contributed by atoms with Gasteiger partial charge < -0.3 is 14.8 Å². The molecule has 0 aliphatic carbocycles. The number of thioether (sulfide) groups is 1. The molecular weight excluding hydrogens is 306 g/mol. The van der Waals surface area contributed by atoms with Gasteiger partial charge in [-0.2, -0.15) is 0 Å². The molecule has 3 nitrogen and oxygen atoms in total. The maximum absolute atomic E-state index is 6.25. The molecule has 4 heteroatoms. The fourth-order valence-electron chi connectivity index (χ4n) is 2.81. The van der Waals surface area contributed by atoms with Crippen molar-refractivity contribution in [2.24, 2.45) is 0 Å². The van der Waals surface area contributed by atoms with E-state index in [9.17, 15) is 0 Å². The van der Waals surface area contributed by atoms with Gasteiger partial charge >= 0.3 is 0 Å². The second kappa shape index (κ2) is 7.97. The van der Waals surface area contributed by atoms with Crippen LogP contribution in [0.4, 0.5) is 0 Å². The van der Waals surface area contributed by atoms with Gasteiger partial charge in [-0.25, -0.2) is 0 Å². The van der Waals surface area contributed by atoms with Gasteiger partial charge in [-0.15, -0.1) is 11.8 Å². The molecule has 0 radical (unpaired) electrons. The first-order valence-electron chi connectivity index (χ1n) is 7.97. The van der Waals surface area contributed by atoms with Gasteiger partial charge in [0.1, 0.15) is 0 Å². The van der Waals surface area contributed by atoms with Crippen molar-refractivity contribution < 1.29 is 9.47 Å². The lowest BCUT2D eigenvalue weighted by Crippen LogP contribution is -2.43. The highest BCUT2D eigenvalue weighted by molar-refractivity contribution is 7.98. The summed E-state index contributed by atoms with van der Waals surface area (Å²) in [6.07, 6.45) is 1.79. The Morgan fingerprint density at radius 3 is 2.78 bits per heavy atom. The summed E-state index contributed by atoms with van der Waals surface area (Å²) in [6, 6.07) is 18.9. The third-order valence-electron chi connectivity index (χ3n) is 4.08. The first-order chi connectivity index (χ1) is 11.3. The summed E-state index contributed by atoms with van der Waals surface area (Å²) < 4.78 is 12.2. The molecule has 1 N–H and O–H groups in total. The maximum Gasteiger partial charge on any atom is 0.177 e.